The number of fused-ring (bicyclic) bond motifs is 5. The summed E-state index contributed by atoms with van der Waals surface area (Å²) in [5.74, 6) is 3.64. The quantitative estimate of drug-likeness (QED) is 0.717. The molecule has 2 fully saturated rings. The van der Waals surface area contributed by atoms with E-state index < -0.39 is 0 Å². The molecule has 1 heteroatoms. The molecule has 4 rings (SSSR count). The molecule has 1 aromatic carbocycles. The van der Waals surface area contributed by atoms with Crippen molar-refractivity contribution in [1.29, 1.82) is 0 Å². The van der Waals surface area contributed by atoms with Gasteiger partial charge in [0.25, 0.3) is 0 Å². The second-order valence-electron chi connectivity index (χ2n) is 8.53. The number of ketones is 1. The van der Waals surface area contributed by atoms with Gasteiger partial charge in [-0.3, -0.25) is 4.79 Å². The molecule has 2 saturated carbocycles. The number of benzene rings is 1. The van der Waals surface area contributed by atoms with E-state index in [1.807, 2.05) is 6.92 Å². The molecular weight excluding hydrogens is 280 g/mol. The number of carbonyl (C=O) groups is 1. The Kier molecular flexibility index (Phi) is 3.86. The van der Waals surface area contributed by atoms with Gasteiger partial charge < -0.3 is 0 Å². The second kappa shape index (κ2) is 5.76. The molecule has 0 bridgehead atoms. The highest BCUT2D eigenvalue weighted by molar-refractivity contribution is 5.78. The summed E-state index contributed by atoms with van der Waals surface area (Å²) in [7, 11) is 0. The van der Waals surface area contributed by atoms with Crippen molar-refractivity contribution in [1.82, 2.24) is 0 Å². The molecule has 1 aromatic rings. The van der Waals surface area contributed by atoms with Gasteiger partial charge in [-0.15, -0.1) is 0 Å². The average molecular weight is 310 g/mol. The van der Waals surface area contributed by atoms with Crippen molar-refractivity contribution in [3.05, 3.63) is 35.4 Å². The SMILES string of the molecule is CCC(=O)C[C@H]1CC[C@H]2[C@@H]3CCc4ccccc4[C@H]3CC[C@]12C. The first-order valence-electron chi connectivity index (χ1n) is 9.73. The summed E-state index contributed by atoms with van der Waals surface area (Å²) < 4.78 is 0. The Hall–Kier alpha value is -1.11. The normalized spacial score (nSPS) is 38.5. The minimum atomic E-state index is 0.429. The first-order valence-corrected chi connectivity index (χ1v) is 9.73. The highest BCUT2D eigenvalue weighted by atomic mass is 16.1. The van der Waals surface area contributed by atoms with Crippen LogP contribution in [-0.2, 0) is 11.2 Å². The molecule has 0 unspecified atom stereocenters. The Balaban J connectivity index is 1.60. The number of rotatable bonds is 3. The molecule has 0 aromatic heterocycles. The van der Waals surface area contributed by atoms with E-state index in [9.17, 15) is 4.79 Å². The van der Waals surface area contributed by atoms with Crippen molar-refractivity contribution in [3.63, 3.8) is 0 Å². The molecule has 3 aliphatic carbocycles. The van der Waals surface area contributed by atoms with Gasteiger partial charge in [-0.05, 0) is 78.7 Å². The lowest BCUT2D eigenvalue weighted by Crippen LogP contribution is -2.42. The Bertz CT molecular complexity index is 604. The van der Waals surface area contributed by atoms with Crippen LogP contribution < -0.4 is 0 Å². The van der Waals surface area contributed by atoms with Crippen LogP contribution >= 0.6 is 0 Å². The van der Waals surface area contributed by atoms with E-state index in [0.29, 0.717) is 17.1 Å². The van der Waals surface area contributed by atoms with Crippen LogP contribution in [-0.4, -0.2) is 5.78 Å². The van der Waals surface area contributed by atoms with Gasteiger partial charge in [0.15, 0.2) is 0 Å². The predicted octanol–water partition coefficient (Wildman–Crippen LogP) is 5.53. The van der Waals surface area contributed by atoms with Crippen molar-refractivity contribution in [2.45, 2.75) is 71.1 Å². The minimum absolute atomic E-state index is 0.429. The van der Waals surface area contributed by atoms with Gasteiger partial charge in [0.1, 0.15) is 5.78 Å². The molecule has 124 valence electrons. The van der Waals surface area contributed by atoms with Crippen LogP contribution in [0.15, 0.2) is 24.3 Å². The Labute approximate surface area is 140 Å². The van der Waals surface area contributed by atoms with Crippen LogP contribution in [0.2, 0.25) is 0 Å². The molecule has 0 heterocycles. The summed E-state index contributed by atoms with van der Waals surface area (Å²) >= 11 is 0. The zero-order valence-corrected chi connectivity index (χ0v) is 14.7. The Morgan fingerprint density at radius 2 is 2.00 bits per heavy atom. The smallest absolute Gasteiger partial charge is 0.132 e. The molecular formula is C22H30O. The maximum Gasteiger partial charge on any atom is 0.132 e. The third-order valence-electron chi connectivity index (χ3n) is 7.70. The summed E-state index contributed by atoms with van der Waals surface area (Å²) in [6.45, 7) is 4.54. The molecule has 23 heavy (non-hydrogen) atoms. The highest BCUT2D eigenvalue weighted by Gasteiger charge is 2.54. The zero-order valence-electron chi connectivity index (χ0n) is 14.7. The third-order valence-corrected chi connectivity index (χ3v) is 7.70. The van der Waals surface area contributed by atoms with Gasteiger partial charge in [0, 0.05) is 12.8 Å². The van der Waals surface area contributed by atoms with Crippen LogP contribution in [0, 0.1) is 23.2 Å². The van der Waals surface area contributed by atoms with E-state index in [2.05, 4.69) is 31.2 Å². The van der Waals surface area contributed by atoms with Crippen molar-refractivity contribution in [3.8, 4) is 0 Å². The van der Waals surface area contributed by atoms with Crippen LogP contribution in [0.3, 0.4) is 0 Å². The standard InChI is InChI=1S/C22H30O/c1-3-17(23)14-16-9-11-21-20-10-8-15-6-4-5-7-18(15)19(20)12-13-22(16,21)2/h4-7,16,19-21H,3,8-14H2,1-2H3/t16-,19-,20-,21+,22-/m1/s1. The first kappa shape index (κ1) is 15.4. The van der Waals surface area contributed by atoms with Gasteiger partial charge in [-0.2, -0.15) is 0 Å². The molecule has 0 N–H and O–H groups in total. The fourth-order valence-corrected chi connectivity index (χ4v) is 6.39. The van der Waals surface area contributed by atoms with Gasteiger partial charge in [0.05, 0.1) is 0 Å². The highest BCUT2D eigenvalue weighted by Crippen LogP contribution is 2.63. The van der Waals surface area contributed by atoms with E-state index in [-0.39, 0.29) is 0 Å². The predicted molar refractivity (Wildman–Crippen MR) is 94.5 cm³/mol. The van der Waals surface area contributed by atoms with Crippen LogP contribution in [0.5, 0.6) is 0 Å². The summed E-state index contributed by atoms with van der Waals surface area (Å²) in [5.41, 5.74) is 3.69. The largest absolute Gasteiger partial charge is 0.300 e. The van der Waals surface area contributed by atoms with Gasteiger partial charge in [-0.1, -0.05) is 38.1 Å². The molecule has 1 nitrogen and oxygen atoms in total. The monoisotopic (exact) mass is 310 g/mol. The number of carbonyl (C=O) groups excluding carboxylic acids is 1. The summed E-state index contributed by atoms with van der Waals surface area (Å²) in [4.78, 5) is 12.0. The molecule has 0 saturated heterocycles. The van der Waals surface area contributed by atoms with Crippen molar-refractivity contribution in [2.75, 3.05) is 0 Å². The van der Waals surface area contributed by atoms with Gasteiger partial charge >= 0.3 is 0 Å². The van der Waals surface area contributed by atoms with Gasteiger partial charge in [0.2, 0.25) is 0 Å². The topological polar surface area (TPSA) is 17.1 Å². The third kappa shape index (κ3) is 2.39. The molecule has 5 atom stereocenters. The molecule has 0 aliphatic heterocycles. The van der Waals surface area contributed by atoms with E-state index >= 15 is 0 Å². The first-order chi connectivity index (χ1) is 11.1. The van der Waals surface area contributed by atoms with Crippen molar-refractivity contribution in [2.24, 2.45) is 23.2 Å². The van der Waals surface area contributed by atoms with Crippen molar-refractivity contribution < 1.29 is 4.79 Å². The zero-order chi connectivity index (χ0) is 16.0. The van der Waals surface area contributed by atoms with Crippen LogP contribution in [0.1, 0.15) is 75.8 Å². The van der Waals surface area contributed by atoms with E-state index in [1.54, 1.807) is 11.1 Å². The molecule has 0 spiro atoms. The lowest BCUT2D eigenvalue weighted by Gasteiger charge is -2.51. The molecule has 0 amide bonds. The maximum absolute atomic E-state index is 12.0. The van der Waals surface area contributed by atoms with Crippen molar-refractivity contribution >= 4 is 5.78 Å². The Morgan fingerprint density at radius 3 is 2.83 bits per heavy atom. The number of hydrogen-bond acceptors (Lipinski definition) is 1. The summed E-state index contributed by atoms with van der Waals surface area (Å²) in [6.07, 6.45) is 9.52. The molecule has 3 aliphatic rings. The fourth-order valence-electron chi connectivity index (χ4n) is 6.39. The lowest BCUT2D eigenvalue weighted by molar-refractivity contribution is -0.121. The number of Topliss-reactive ketones (excluding diaryl/α,β-unsaturated/α-hetero) is 1. The Morgan fingerprint density at radius 1 is 1.17 bits per heavy atom. The van der Waals surface area contributed by atoms with E-state index in [0.717, 1.165) is 30.6 Å². The summed E-state index contributed by atoms with van der Waals surface area (Å²) in [5, 5.41) is 0. The van der Waals surface area contributed by atoms with Crippen LogP contribution in [0.25, 0.3) is 0 Å². The number of aryl methyl sites for hydroxylation is 1. The minimum Gasteiger partial charge on any atom is -0.300 e. The summed E-state index contributed by atoms with van der Waals surface area (Å²) in [6, 6.07) is 9.17. The molecule has 0 radical (unpaired) electrons. The average Bonchev–Trinajstić information content (AvgIpc) is 2.91. The van der Waals surface area contributed by atoms with E-state index in [1.165, 1.54) is 38.5 Å². The van der Waals surface area contributed by atoms with Gasteiger partial charge in [-0.25, -0.2) is 0 Å². The number of hydrogen-bond donors (Lipinski definition) is 0. The lowest BCUT2D eigenvalue weighted by atomic mass is 9.54. The maximum atomic E-state index is 12.0. The fraction of sp³-hybridized carbons (Fsp3) is 0.682. The van der Waals surface area contributed by atoms with Crippen LogP contribution in [0.4, 0.5) is 0 Å². The van der Waals surface area contributed by atoms with E-state index in [4.69, 9.17) is 0 Å². The second-order valence-corrected chi connectivity index (χ2v) is 8.53.